The lowest BCUT2D eigenvalue weighted by molar-refractivity contribution is -0.140. The summed E-state index contributed by atoms with van der Waals surface area (Å²) in [6.45, 7) is 3.65. The highest BCUT2D eigenvalue weighted by molar-refractivity contribution is 7.92. The van der Waals surface area contributed by atoms with E-state index in [2.05, 4.69) is 5.32 Å². The van der Waals surface area contributed by atoms with Crippen LogP contribution in [-0.4, -0.2) is 44.3 Å². The van der Waals surface area contributed by atoms with Gasteiger partial charge in [0.05, 0.1) is 15.6 Å². The molecule has 236 valence electrons. The maximum atomic E-state index is 14.5. The normalized spacial score (nSPS) is 12.0. The van der Waals surface area contributed by atoms with Crippen LogP contribution in [0, 0.1) is 5.92 Å². The summed E-state index contributed by atoms with van der Waals surface area (Å²) in [4.78, 5) is 29.7. The summed E-state index contributed by atoms with van der Waals surface area (Å²) in [5, 5.41) is 3.72. The van der Waals surface area contributed by atoms with Gasteiger partial charge in [0, 0.05) is 29.6 Å². The van der Waals surface area contributed by atoms with Gasteiger partial charge in [-0.05, 0) is 53.4 Å². The Hall–Kier alpha value is -3.56. The number of halogens is 3. The van der Waals surface area contributed by atoms with Crippen LogP contribution in [0.5, 0.6) is 0 Å². The van der Waals surface area contributed by atoms with E-state index < -0.39 is 28.5 Å². The van der Waals surface area contributed by atoms with E-state index in [0.717, 1.165) is 9.87 Å². The molecule has 0 aromatic heterocycles. The minimum Gasteiger partial charge on any atom is -0.354 e. The summed E-state index contributed by atoms with van der Waals surface area (Å²) < 4.78 is 29.1. The average molecular weight is 687 g/mol. The van der Waals surface area contributed by atoms with Crippen LogP contribution in [0.4, 0.5) is 5.69 Å². The molecule has 0 saturated heterocycles. The number of amides is 2. The Kier molecular flexibility index (Phi) is 11.9. The van der Waals surface area contributed by atoms with Crippen LogP contribution in [0.2, 0.25) is 15.1 Å². The second kappa shape index (κ2) is 15.6. The van der Waals surface area contributed by atoms with Gasteiger partial charge < -0.3 is 10.2 Å². The Morgan fingerprint density at radius 2 is 1.42 bits per heavy atom. The quantitative estimate of drug-likeness (QED) is 0.161. The SMILES string of the molecule is CC(C)CNC(=O)C(Cc1ccccc1)N(Cc1ccccc1Cl)C(=O)CN(c1ccc(Cl)cc1Cl)S(=O)(=O)c1ccccc1. The number of carbonyl (C=O) groups is 2. The Morgan fingerprint density at radius 1 is 0.800 bits per heavy atom. The molecule has 1 atom stereocenters. The van der Waals surface area contributed by atoms with Crippen LogP contribution in [0.15, 0.2) is 108 Å². The standard InChI is InChI=1S/C34H34Cl3N3O4S/c1-24(2)21-38-34(42)32(19-25-11-5-3-6-12-25)39(22-26-13-9-10-16-29(26)36)33(41)23-40(31-18-17-27(35)20-30(31)37)45(43,44)28-14-7-4-8-15-28/h3-18,20,24,32H,19,21-23H2,1-2H3,(H,38,42). The number of hydrogen-bond acceptors (Lipinski definition) is 4. The lowest BCUT2D eigenvalue weighted by Gasteiger charge is -2.34. The second-order valence-corrected chi connectivity index (χ2v) is 14.0. The van der Waals surface area contributed by atoms with Crippen molar-refractivity contribution in [3.8, 4) is 0 Å². The first-order valence-electron chi connectivity index (χ1n) is 14.3. The molecule has 1 unspecified atom stereocenters. The first kappa shape index (κ1) is 34.3. The van der Waals surface area contributed by atoms with E-state index in [9.17, 15) is 18.0 Å². The number of benzene rings is 4. The maximum Gasteiger partial charge on any atom is 0.264 e. The molecule has 0 heterocycles. The smallest absolute Gasteiger partial charge is 0.264 e. The Morgan fingerprint density at radius 3 is 2.04 bits per heavy atom. The number of nitrogens with one attached hydrogen (secondary N) is 1. The predicted molar refractivity (Wildman–Crippen MR) is 181 cm³/mol. The van der Waals surface area contributed by atoms with Gasteiger partial charge in [-0.15, -0.1) is 0 Å². The van der Waals surface area contributed by atoms with Crippen LogP contribution >= 0.6 is 34.8 Å². The van der Waals surface area contributed by atoms with Crippen molar-refractivity contribution < 1.29 is 18.0 Å². The van der Waals surface area contributed by atoms with Crippen LogP contribution in [-0.2, 0) is 32.6 Å². The molecule has 4 aromatic rings. The molecule has 0 radical (unpaired) electrons. The van der Waals surface area contributed by atoms with Crippen molar-refractivity contribution >= 4 is 62.3 Å². The lowest BCUT2D eigenvalue weighted by Crippen LogP contribution is -2.53. The average Bonchev–Trinajstić information content (AvgIpc) is 3.02. The first-order valence-corrected chi connectivity index (χ1v) is 16.9. The van der Waals surface area contributed by atoms with E-state index in [4.69, 9.17) is 34.8 Å². The van der Waals surface area contributed by atoms with Crippen molar-refractivity contribution in [1.82, 2.24) is 10.2 Å². The van der Waals surface area contributed by atoms with Crippen molar-refractivity contribution in [2.45, 2.75) is 37.8 Å². The van der Waals surface area contributed by atoms with Gasteiger partial charge in [-0.2, -0.15) is 0 Å². The highest BCUT2D eigenvalue weighted by atomic mass is 35.5. The lowest BCUT2D eigenvalue weighted by atomic mass is 10.0. The minimum atomic E-state index is -4.29. The molecule has 11 heteroatoms. The second-order valence-electron chi connectivity index (χ2n) is 10.9. The monoisotopic (exact) mass is 685 g/mol. The molecule has 0 saturated carbocycles. The number of rotatable bonds is 13. The number of sulfonamides is 1. The van der Waals surface area contributed by atoms with E-state index in [1.807, 2.05) is 44.2 Å². The predicted octanol–water partition coefficient (Wildman–Crippen LogP) is 7.25. The number of hydrogen-bond donors (Lipinski definition) is 1. The molecule has 4 aromatic carbocycles. The molecule has 0 bridgehead atoms. The van der Waals surface area contributed by atoms with Crippen LogP contribution in [0.25, 0.3) is 0 Å². The van der Waals surface area contributed by atoms with E-state index in [1.54, 1.807) is 42.5 Å². The van der Waals surface area contributed by atoms with Gasteiger partial charge in [-0.1, -0.05) is 115 Å². The summed E-state index contributed by atoms with van der Waals surface area (Å²) in [5.41, 5.74) is 1.50. The molecule has 0 aliphatic carbocycles. The van der Waals surface area contributed by atoms with Gasteiger partial charge in [0.15, 0.2) is 0 Å². The van der Waals surface area contributed by atoms with Crippen molar-refractivity contribution in [2.75, 3.05) is 17.4 Å². The van der Waals surface area contributed by atoms with Gasteiger partial charge in [-0.25, -0.2) is 8.42 Å². The Bertz CT molecular complexity index is 1720. The third-order valence-corrected chi connectivity index (χ3v) is 9.72. The third kappa shape index (κ3) is 9.01. The van der Waals surface area contributed by atoms with Crippen LogP contribution in [0.1, 0.15) is 25.0 Å². The molecule has 0 spiro atoms. The molecule has 45 heavy (non-hydrogen) atoms. The number of carbonyl (C=O) groups excluding carboxylic acids is 2. The molecular weight excluding hydrogens is 653 g/mol. The van der Waals surface area contributed by atoms with Gasteiger partial charge in [-0.3, -0.25) is 13.9 Å². The van der Waals surface area contributed by atoms with Gasteiger partial charge >= 0.3 is 0 Å². The molecule has 4 rings (SSSR count). The minimum absolute atomic E-state index is 0.0306. The maximum absolute atomic E-state index is 14.5. The van der Waals surface area contributed by atoms with Crippen molar-refractivity contribution in [1.29, 1.82) is 0 Å². The molecule has 7 nitrogen and oxygen atoms in total. The van der Waals surface area contributed by atoms with Crippen LogP contribution in [0.3, 0.4) is 0 Å². The summed E-state index contributed by atoms with van der Waals surface area (Å²) in [6.07, 6.45) is 0.189. The Balaban J connectivity index is 1.82. The summed E-state index contributed by atoms with van der Waals surface area (Å²) >= 11 is 19.2. The molecule has 0 aliphatic heterocycles. The largest absolute Gasteiger partial charge is 0.354 e. The third-order valence-electron chi connectivity index (χ3n) is 7.04. The highest BCUT2D eigenvalue weighted by Crippen LogP contribution is 2.33. The van der Waals surface area contributed by atoms with Crippen molar-refractivity contribution in [2.24, 2.45) is 5.92 Å². The van der Waals surface area contributed by atoms with Gasteiger partial charge in [0.2, 0.25) is 11.8 Å². The van der Waals surface area contributed by atoms with E-state index in [0.29, 0.717) is 22.2 Å². The topological polar surface area (TPSA) is 86.8 Å². The van der Waals surface area contributed by atoms with Gasteiger partial charge in [0.1, 0.15) is 12.6 Å². The molecule has 0 aliphatic rings. The molecular formula is C34H34Cl3N3O4S. The van der Waals surface area contributed by atoms with Crippen molar-refractivity contribution in [3.05, 3.63) is 129 Å². The van der Waals surface area contributed by atoms with E-state index >= 15 is 0 Å². The van der Waals surface area contributed by atoms with Crippen LogP contribution < -0.4 is 9.62 Å². The summed E-state index contributed by atoms with van der Waals surface area (Å²) in [6, 6.07) is 27.5. The first-order chi connectivity index (χ1) is 21.5. The Labute approximate surface area is 279 Å². The molecule has 0 fully saturated rings. The fraction of sp³-hybridized carbons (Fsp3) is 0.235. The number of nitrogens with zero attached hydrogens (tertiary/aromatic N) is 2. The zero-order chi connectivity index (χ0) is 32.6. The fourth-order valence-electron chi connectivity index (χ4n) is 4.70. The van der Waals surface area contributed by atoms with Crippen molar-refractivity contribution in [3.63, 3.8) is 0 Å². The zero-order valence-electron chi connectivity index (χ0n) is 24.9. The van der Waals surface area contributed by atoms with E-state index in [1.165, 1.54) is 35.2 Å². The van der Waals surface area contributed by atoms with E-state index in [-0.39, 0.29) is 40.4 Å². The summed E-state index contributed by atoms with van der Waals surface area (Å²) in [7, 11) is -4.29. The fourth-order valence-corrected chi connectivity index (χ4v) is 6.91. The zero-order valence-corrected chi connectivity index (χ0v) is 28.0. The van der Waals surface area contributed by atoms with Gasteiger partial charge in [0.25, 0.3) is 10.0 Å². The number of anilines is 1. The highest BCUT2D eigenvalue weighted by Gasteiger charge is 2.35. The molecule has 1 N–H and O–H groups in total. The summed E-state index contributed by atoms with van der Waals surface area (Å²) in [5.74, 6) is -0.825. The molecule has 2 amide bonds.